The molecular weight excluding hydrogens is 282 g/mol. The van der Waals surface area contributed by atoms with Crippen molar-refractivity contribution in [2.45, 2.75) is 56.5 Å². The van der Waals surface area contributed by atoms with E-state index in [9.17, 15) is 0 Å². The van der Waals surface area contributed by atoms with Gasteiger partial charge in [-0.1, -0.05) is 25.0 Å². The van der Waals surface area contributed by atoms with Gasteiger partial charge in [0.05, 0.1) is 5.56 Å². The zero-order valence-corrected chi connectivity index (χ0v) is 14.1. The smallest absolute Gasteiger partial charge is 0.216 e. The van der Waals surface area contributed by atoms with Crippen LogP contribution in [0.1, 0.15) is 49.7 Å². The fraction of sp³-hybridized carbons (Fsp3) is 0.476. The fourth-order valence-corrected chi connectivity index (χ4v) is 5.20. The Balaban J connectivity index is 1.78. The predicted octanol–water partition coefficient (Wildman–Crippen LogP) is 4.22. The largest absolute Gasteiger partial charge is 0.485 e. The highest BCUT2D eigenvalue weighted by Crippen LogP contribution is 2.68. The van der Waals surface area contributed by atoms with Gasteiger partial charge in [0.1, 0.15) is 18.4 Å². The Labute approximate surface area is 138 Å². The molecule has 3 aliphatic rings. The molecule has 0 radical (unpaired) electrons. The van der Waals surface area contributed by atoms with Crippen LogP contribution in [0.3, 0.4) is 0 Å². The van der Waals surface area contributed by atoms with E-state index in [0.717, 1.165) is 0 Å². The van der Waals surface area contributed by atoms with Crippen LogP contribution in [0.25, 0.3) is 11.3 Å². The van der Waals surface area contributed by atoms with Crippen LogP contribution in [-0.2, 0) is 12.5 Å². The van der Waals surface area contributed by atoms with Crippen LogP contribution >= 0.6 is 0 Å². The number of nitrogens with zero attached hydrogens (tertiary/aromatic N) is 1. The van der Waals surface area contributed by atoms with Gasteiger partial charge in [-0.15, -0.1) is 0 Å². The van der Waals surface area contributed by atoms with Crippen LogP contribution in [0.4, 0.5) is 0 Å². The zero-order chi connectivity index (χ0) is 15.7. The molecule has 118 valence electrons. The first-order valence-electron chi connectivity index (χ1n) is 8.95. The second-order valence-electron chi connectivity index (χ2n) is 7.72. The van der Waals surface area contributed by atoms with E-state index in [-0.39, 0.29) is 5.60 Å². The summed E-state index contributed by atoms with van der Waals surface area (Å²) in [5.74, 6) is 1.19. The summed E-state index contributed by atoms with van der Waals surface area (Å²) >= 11 is 0. The Kier molecular flexibility index (Phi) is 2.58. The number of ether oxygens (including phenoxy) is 1. The molecule has 0 saturated heterocycles. The SMILES string of the molecule is Cc1ccc2c(c1-c1cccc[n+]1C)OC1(CC1)C21CCCC1. The number of pyridine rings is 1. The van der Waals surface area contributed by atoms with E-state index in [1.807, 2.05) is 0 Å². The maximum atomic E-state index is 6.75. The van der Waals surface area contributed by atoms with Crippen molar-refractivity contribution >= 4 is 0 Å². The number of aromatic nitrogens is 1. The third-order valence-electron chi connectivity index (χ3n) is 6.52. The molecule has 2 fully saturated rings. The summed E-state index contributed by atoms with van der Waals surface area (Å²) in [7, 11) is 2.13. The molecule has 2 nitrogen and oxygen atoms in total. The lowest BCUT2D eigenvalue weighted by atomic mass is 9.73. The Hall–Kier alpha value is -1.83. The highest BCUT2D eigenvalue weighted by atomic mass is 16.5. The van der Waals surface area contributed by atoms with Crippen molar-refractivity contribution in [1.29, 1.82) is 0 Å². The first-order chi connectivity index (χ1) is 11.2. The third kappa shape index (κ3) is 1.62. The van der Waals surface area contributed by atoms with E-state index in [1.165, 1.54) is 66.7 Å². The van der Waals surface area contributed by atoms with Gasteiger partial charge < -0.3 is 4.74 Å². The van der Waals surface area contributed by atoms with Crippen LogP contribution in [0, 0.1) is 6.92 Å². The molecule has 23 heavy (non-hydrogen) atoms. The zero-order valence-electron chi connectivity index (χ0n) is 14.1. The number of benzene rings is 1. The predicted molar refractivity (Wildman–Crippen MR) is 90.5 cm³/mol. The summed E-state index contributed by atoms with van der Waals surface area (Å²) in [5.41, 5.74) is 5.81. The van der Waals surface area contributed by atoms with Gasteiger partial charge in [0.25, 0.3) is 0 Å². The molecule has 0 atom stereocenters. The molecule has 2 aliphatic carbocycles. The van der Waals surface area contributed by atoms with Crippen molar-refractivity contribution < 1.29 is 9.30 Å². The van der Waals surface area contributed by atoms with Gasteiger partial charge in [-0.2, -0.15) is 0 Å². The number of rotatable bonds is 1. The summed E-state index contributed by atoms with van der Waals surface area (Å²) in [6.45, 7) is 2.21. The molecule has 2 heteroatoms. The van der Waals surface area contributed by atoms with Crippen molar-refractivity contribution in [2.24, 2.45) is 7.05 Å². The molecule has 0 bridgehead atoms. The molecule has 0 unspecified atom stereocenters. The van der Waals surface area contributed by atoms with Crippen LogP contribution in [0.5, 0.6) is 5.75 Å². The average molecular weight is 306 g/mol. The minimum absolute atomic E-state index is 0.127. The van der Waals surface area contributed by atoms with Gasteiger partial charge in [0.15, 0.2) is 6.20 Å². The Bertz CT molecular complexity index is 797. The fourth-order valence-electron chi connectivity index (χ4n) is 5.20. The molecule has 2 saturated carbocycles. The lowest BCUT2D eigenvalue weighted by Crippen LogP contribution is -2.37. The monoisotopic (exact) mass is 306 g/mol. The number of aryl methyl sites for hydroxylation is 2. The quantitative estimate of drug-likeness (QED) is 0.719. The molecule has 1 aliphatic heterocycles. The van der Waals surface area contributed by atoms with Gasteiger partial charge in [0.2, 0.25) is 5.69 Å². The Morgan fingerprint density at radius 1 is 1.00 bits per heavy atom. The molecule has 2 spiro atoms. The number of hydrogen-bond donors (Lipinski definition) is 0. The minimum atomic E-state index is 0.127. The van der Waals surface area contributed by atoms with E-state index in [4.69, 9.17) is 4.74 Å². The van der Waals surface area contributed by atoms with E-state index in [1.54, 1.807) is 0 Å². The average Bonchev–Trinajstić information content (AvgIpc) is 3.07. The van der Waals surface area contributed by atoms with E-state index >= 15 is 0 Å². The van der Waals surface area contributed by atoms with E-state index < -0.39 is 0 Å². The molecule has 1 aromatic heterocycles. The highest BCUT2D eigenvalue weighted by molar-refractivity contribution is 5.74. The molecular formula is C21H24NO+. The summed E-state index contributed by atoms with van der Waals surface area (Å²) < 4.78 is 8.96. The topological polar surface area (TPSA) is 13.1 Å². The first-order valence-corrected chi connectivity index (χ1v) is 8.95. The molecule has 0 N–H and O–H groups in total. The highest BCUT2D eigenvalue weighted by Gasteiger charge is 2.67. The van der Waals surface area contributed by atoms with Crippen LogP contribution in [0.2, 0.25) is 0 Å². The number of fused-ring (bicyclic) bond motifs is 3. The standard InChI is InChI=1S/C21H24NO/c1-15-8-9-16-19(18(15)17-7-3-6-14-22(17)2)23-21(12-13-21)20(16)10-4-5-11-20/h3,6-9,14H,4-5,10-13H2,1-2H3/q+1. The summed E-state index contributed by atoms with van der Waals surface area (Å²) in [6.07, 6.45) is 9.93. The van der Waals surface area contributed by atoms with Gasteiger partial charge in [0, 0.05) is 23.1 Å². The molecule has 2 heterocycles. The Morgan fingerprint density at radius 3 is 2.48 bits per heavy atom. The van der Waals surface area contributed by atoms with Crippen LogP contribution in [-0.4, -0.2) is 5.60 Å². The van der Waals surface area contributed by atoms with Crippen molar-refractivity contribution in [3.8, 4) is 17.0 Å². The van der Waals surface area contributed by atoms with Gasteiger partial charge in [-0.05, 0) is 44.2 Å². The maximum Gasteiger partial charge on any atom is 0.216 e. The second-order valence-corrected chi connectivity index (χ2v) is 7.72. The molecule has 2 aromatic rings. The molecule has 5 rings (SSSR count). The first kappa shape index (κ1) is 13.6. The van der Waals surface area contributed by atoms with Crippen LogP contribution < -0.4 is 9.30 Å². The lowest BCUT2D eigenvalue weighted by molar-refractivity contribution is -0.660. The second kappa shape index (κ2) is 4.37. The molecule has 1 aromatic carbocycles. The maximum absolute atomic E-state index is 6.75. The minimum Gasteiger partial charge on any atom is -0.485 e. The number of hydrogen-bond acceptors (Lipinski definition) is 1. The lowest BCUT2D eigenvalue weighted by Gasteiger charge is -2.30. The van der Waals surface area contributed by atoms with Crippen molar-refractivity contribution in [3.05, 3.63) is 47.7 Å². The van der Waals surface area contributed by atoms with E-state index in [2.05, 4.69) is 55.1 Å². The Morgan fingerprint density at radius 2 is 1.78 bits per heavy atom. The summed E-state index contributed by atoms with van der Waals surface area (Å²) in [4.78, 5) is 0. The molecule has 0 amide bonds. The normalized spacial score (nSPS) is 22.3. The van der Waals surface area contributed by atoms with Crippen LogP contribution in [0.15, 0.2) is 36.5 Å². The van der Waals surface area contributed by atoms with Gasteiger partial charge in [-0.25, -0.2) is 4.57 Å². The summed E-state index contributed by atoms with van der Waals surface area (Å²) in [6, 6.07) is 11.1. The van der Waals surface area contributed by atoms with Gasteiger partial charge in [-0.3, -0.25) is 0 Å². The third-order valence-corrected chi connectivity index (χ3v) is 6.52. The van der Waals surface area contributed by atoms with Crippen molar-refractivity contribution in [3.63, 3.8) is 0 Å². The van der Waals surface area contributed by atoms with Gasteiger partial charge >= 0.3 is 0 Å². The summed E-state index contributed by atoms with van der Waals surface area (Å²) in [5, 5.41) is 0. The van der Waals surface area contributed by atoms with Crippen molar-refractivity contribution in [1.82, 2.24) is 0 Å². The van der Waals surface area contributed by atoms with Crippen molar-refractivity contribution in [2.75, 3.05) is 0 Å². The van der Waals surface area contributed by atoms with E-state index in [0.29, 0.717) is 5.41 Å².